The Kier molecular flexibility index (Phi) is 8.20. The third kappa shape index (κ3) is 6.39. The zero-order valence-corrected chi connectivity index (χ0v) is 20.2. The first-order valence-corrected chi connectivity index (χ1v) is 12.0. The van der Waals surface area contributed by atoms with Gasteiger partial charge in [0.25, 0.3) is 0 Å². The number of hydrogen-bond acceptors (Lipinski definition) is 5. The van der Waals surface area contributed by atoms with Crippen molar-refractivity contribution in [2.75, 3.05) is 19.5 Å². The van der Waals surface area contributed by atoms with Gasteiger partial charge in [0.15, 0.2) is 0 Å². The maximum atomic E-state index is 13.2. The number of benzene rings is 3. The van der Waals surface area contributed by atoms with Crippen molar-refractivity contribution in [3.63, 3.8) is 0 Å². The molecular weight excluding hydrogens is 487 g/mol. The number of halogens is 2. The molecule has 3 aromatic rings. The van der Waals surface area contributed by atoms with Crippen molar-refractivity contribution in [1.29, 1.82) is 0 Å². The van der Waals surface area contributed by atoms with Crippen LogP contribution in [-0.4, -0.2) is 34.6 Å². The van der Waals surface area contributed by atoms with Crippen LogP contribution in [0.2, 0.25) is 10.0 Å². The fourth-order valence-electron chi connectivity index (χ4n) is 3.09. The summed E-state index contributed by atoms with van der Waals surface area (Å²) >= 11 is 12.1. The summed E-state index contributed by atoms with van der Waals surface area (Å²) in [6.45, 7) is 0. The molecule has 3 rings (SSSR count). The van der Waals surface area contributed by atoms with Gasteiger partial charge in [-0.05, 0) is 42.3 Å². The number of rotatable bonds is 9. The van der Waals surface area contributed by atoms with E-state index in [0.29, 0.717) is 17.2 Å². The van der Waals surface area contributed by atoms with E-state index in [4.69, 9.17) is 32.7 Å². The van der Waals surface area contributed by atoms with Crippen molar-refractivity contribution >= 4 is 44.8 Å². The molecule has 0 unspecified atom stereocenters. The third-order valence-corrected chi connectivity index (χ3v) is 6.93. The predicted octanol–water partition coefficient (Wildman–Crippen LogP) is 4.54. The number of carbonyl (C=O) groups excluding carboxylic acids is 1. The number of anilines is 1. The molecule has 0 aliphatic carbocycles. The highest BCUT2D eigenvalue weighted by Gasteiger charge is 2.28. The zero-order chi connectivity index (χ0) is 24.0. The van der Waals surface area contributed by atoms with Gasteiger partial charge in [-0.2, -0.15) is 4.72 Å². The summed E-state index contributed by atoms with van der Waals surface area (Å²) in [5.41, 5.74) is 1.13. The molecule has 0 saturated carbocycles. The van der Waals surface area contributed by atoms with E-state index in [2.05, 4.69) is 10.0 Å². The minimum absolute atomic E-state index is 0.0115. The first-order chi connectivity index (χ1) is 15.7. The van der Waals surface area contributed by atoms with Gasteiger partial charge in [-0.3, -0.25) is 4.79 Å². The highest BCUT2D eigenvalue weighted by Crippen LogP contribution is 2.30. The lowest BCUT2D eigenvalue weighted by atomic mass is 10.1. The van der Waals surface area contributed by atoms with Crippen LogP contribution in [0.4, 0.5) is 5.69 Å². The van der Waals surface area contributed by atoms with Crippen molar-refractivity contribution in [1.82, 2.24) is 4.72 Å². The number of methoxy groups -OCH3 is 2. The third-order valence-electron chi connectivity index (χ3n) is 4.75. The number of hydrogen-bond donors (Lipinski definition) is 2. The van der Waals surface area contributed by atoms with E-state index in [9.17, 15) is 13.2 Å². The van der Waals surface area contributed by atoms with Gasteiger partial charge in [-0.25, -0.2) is 8.42 Å². The second-order valence-corrected chi connectivity index (χ2v) is 9.52. The van der Waals surface area contributed by atoms with Gasteiger partial charge < -0.3 is 14.8 Å². The van der Waals surface area contributed by atoms with Crippen LogP contribution in [0.5, 0.6) is 11.5 Å². The van der Waals surface area contributed by atoms with Gasteiger partial charge >= 0.3 is 0 Å². The molecular formula is C23H22Cl2N2O5S. The van der Waals surface area contributed by atoms with E-state index in [-0.39, 0.29) is 21.4 Å². The summed E-state index contributed by atoms with van der Waals surface area (Å²) in [4.78, 5) is 13.0. The molecule has 174 valence electrons. The van der Waals surface area contributed by atoms with Crippen LogP contribution < -0.4 is 19.5 Å². The lowest BCUT2D eigenvalue weighted by Gasteiger charge is -2.20. The molecule has 7 nitrogen and oxygen atoms in total. The molecule has 0 radical (unpaired) electrons. The maximum Gasteiger partial charge on any atom is 0.243 e. The van der Waals surface area contributed by atoms with Crippen molar-refractivity contribution in [2.45, 2.75) is 17.4 Å². The first kappa shape index (κ1) is 24.9. The molecule has 0 aliphatic rings. The Labute approximate surface area is 202 Å². The fraction of sp³-hybridized carbons (Fsp3) is 0.174. The normalized spacial score (nSPS) is 12.1. The van der Waals surface area contributed by atoms with Crippen LogP contribution in [0.3, 0.4) is 0 Å². The smallest absolute Gasteiger partial charge is 0.243 e. The van der Waals surface area contributed by atoms with Gasteiger partial charge in [-0.1, -0.05) is 53.5 Å². The zero-order valence-electron chi connectivity index (χ0n) is 17.8. The summed E-state index contributed by atoms with van der Waals surface area (Å²) < 4.78 is 39.1. The second kappa shape index (κ2) is 10.9. The number of ether oxygens (including phenoxy) is 2. The molecule has 1 atom stereocenters. The van der Waals surface area contributed by atoms with Crippen molar-refractivity contribution < 1.29 is 22.7 Å². The Morgan fingerprint density at radius 3 is 2.36 bits per heavy atom. The maximum absolute atomic E-state index is 13.2. The minimum atomic E-state index is -4.17. The molecule has 0 saturated heterocycles. The highest BCUT2D eigenvalue weighted by molar-refractivity contribution is 7.89. The number of carbonyl (C=O) groups is 1. The summed E-state index contributed by atoms with van der Waals surface area (Å²) in [5.74, 6) is 0.327. The monoisotopic (exact) mass is 508 g/mol. The van der Waals surface area contributed by atoms with E-state index in [1.165, 1.54) is 32.4 Å². The van der Waals surface area contributed by atoms with Gasteiger partial charge in [0.2, 0.25) is 15.9 Å². The molecule has 0 fully saturated rings. The van der Waals surface area contributed by atoms with E-state index < -0.39 is 22.0 Å². The van der Waals surface area contributed by atoms with Crippen LogP contribution in [0, 0.1) is 0 Å². The standard InChI is InChI=1S/C23H22Cl2N2O5S/c1-31-17-9-11-19(21(14-17)32-2)26-23(28)20(12-15-6-4-3-5-7-15)27-33(29,30)22-13-16(24)8-10-18(22)25/h3-11,13-14,20,27H,12H2,1-2H3,(H,26,28)/t20-/m0/s1. The van der Waals surface area contributed by atoms with E-state index in [1.54, 1.807) is 42.5 Å². The second-order valence-electron chi connectivity index (χ2n) is 6.99. The van der Waals surface area contributed by atoms with Crippen LogP contribution in [-0.2, 0) is 21.2 Å². The SMILES string of the molecule is COc1ccc(NC(=O)[C@H](Cc2ccccc2)NS(=O)(=O)c2cc(Cl)ccc2Cl)c(OC)c1. The molecule has 0 aliphatic heterocycles. The summed E-state index contributed by atoms with van der Waals surface area (Å²) in [7, 11) is -1.21. The molecule has 33 heavy (non-hydrogen) atoms. The van der Waals surface area contributed by atoms with Crippen molar-refractivity contribution in [2.24, 2.45) is 0 Å². The van der Waals surface area contributed by atoms with Gasteiger partial charge in [-0.15, -0.1) is 0 Å². The molecule has 1 amide bonds. The van der Waals surface area contributed by atoms with Crippen LogP contribution in [0.1, 0.15) is 5.56 Å². The van der Waals surface area contributed by atoms with E-state index >= 15 is 0 Å². The Morgan fingerprint density at radius 2 is 1.70 bits per heavy atom. The fourth-order valence-corrected chi connectivity index (χ4v) is 5.05. The van der Waals surface area contributed by atoms with Crippen LogP contribution in [0.15, 0.2) is 71.6 Å². The molecule has 0 bridgehead atoms. The van der Waals surface area contributed by atoms with Crippen LogP contribution >= 0.6 is 23.2 Å². The van der Waals surface area contributed by atoms with Crippen molar-refractivity contribution in [3.05, 3.63) is 82.3 Å². The minimum Gasteiger partial charge on any atom is -0.497 e. The molecule has 2 N–H and O–H groups in total. The average Bonchev–Trinajstić information content (AvgIpc) is 2.80. The lowest BCUT2D eigenvalue weighted by molar-refractivity contribution is -0.117. The van der Waals surface area contributed by atoms with Gasteiger partial charge in [0.1, 0.15) is 22.4 Å². The van der Waals surface area contributed by atoms with Crippen LogP contribution in [0.25, 0.3) is 0 Å². The quantitative estimate of drug-likeness (QED) is 0.442. The summed E-state index contributed by atoms with van der Waals surface area (Å²) in [5, 5.41) is 2.92. The molecule has 10 heteroatoms. The number of nitrogens with one attached hydrogen (secondary N) is 2. The Balaban J connectivity index is 1.93. The lowest BCUT2D eigenvalue weighted by Crippen LogP contribution is -2.45. The Bertz CT molecular complexity index is 1240. The highest BCUT2D eigenvalue weighted by atomic mass is 35.5. The van der Waals surface area contributed by atoms with Gasteiger partial charge in [0.05, 0.1) is 24.9 Å². The predicted molar refractivity (Wildman–Crippen MR) is 129 cm³/mol. The first-order valence-electron chi connectivity index (χ1n) is 9.77. The molecule has 3 aromatic carbocycles. The number of sulfonamides is 1. The topological polar surface area (TPSA) is 93.7 Å². The molecule has 0 heterocycles. The average molecular weight is 509 g/mol. The molecule has 0 spiro atoms. The van der Waals surface area contributed by atoms with Gasteiger partial charge in [0, 0.05) is 11.1 Å². The summed E-state index contributed by atoms with van der Waals surface area (Å²) in [6, 6.07) is 16.9. The summed E-state index contributed by atoms with van der Waals surface area (Å²) in [6.07, 6.45) is 0.0998. The largest absolute Gasteiger partial charge is 0.497 e. The van der Waals surface area contributed by atoms with Crippen molar-refractivity contribution in [3.8, 4) is 11.5 Å². The van der Waals surface area contributed by atoms with E-state index in [1.807, 2.05) is 6.07 Å². The Hall–Kier alpha value is -2.78. The molecule has 0 aromatic heterocycles. The van der Waals surface area contributed by atoms with E-state index in [0.717, 1.165) is 5.56 Å². The Morgan fingerprint density at radius 1 is 0.970 bits per heavy atom. The number of amides is 1.